The Kier molecular flexibility index (Phi) is 4.12. The molecule has 0 aliphatic carbocycles. The molecule has 1 saturated heterocycles. The van der Waals surface area contributed by atoms with Gasteiger partial charge in [0.15, 0.2) is 0 Å². The fourth-order valence-electron chi connectivity index (χ4n) is 2.90. The van der Waals surface area contributed by atoms with E-state index in [1.807, 2.05) is 6.92 Å². The zero-order valence-corrected chi connectivity index (χ0v) is 14.4. The summed E-state index contributed by atoms with van der Waals surface area (Å²) in [5.74, 6) is -1.35. The van der Waals surface area contributed by atoms with Gasteiger partial charge in [0.25, 0.3) is 11.8 Å². The largest absolute Gasteiger partial charge is 0.477 e. The Bertz CT molecular complexity index is 770. The lowest BCUT2D eigenvalue weighted by Crippen LogP contribution is -2.70. The van der Waals surface area contributed by atoms with E-state index in [1.165, 1.54) is 16.7 Å². The van der Waals surface area contributed by atoms with Gasteiger partial charge in [0, 0.05) is 18.5 Å². The molecular formula is C15H18N4O4S. The van der Waals surface area contributed by atoms with Crippen molar-refractivity contribution in [2.75, 3.05) is 5.75 Å². The van der Waals surface area contributed by atoms with E-state index in [0.717, 1.165) is 0 Å². The maximum atomic E-state index is 12.4. The number of nitrogens with one attached hydrogen (secondary N) is 1. The standard InChI is InChI=1S/C15H18N4O4S/c1-4-18-5-9(8(3)17-18)12(20)16-10-13(21)19-11(15(22)23)7(2)6-24-14(10)19/h5,10,14H,4,6H2,1-3H3,(H,16,20)(H,22,23)/t10-,14+/m1/s1. The summed E-state index contributed by atoms with van der Waals surface area (Å²) in [7, 11) is 0. The molecule has 0 unspecified atom stereocenters. The highest BCUT2D eigenvalue weighted by Gasteiger charge is 2.53. The van der Waals surface area contributed by atoms with Gasteiger partial charge in [-0.25, -0.2) is 4.79 Å². The fourth-order valence-corrected chi connectivity index (χ4v) is 4.19. The van der Waals surface area contributed by atoms with E-state index < -0.39 is 17.9 Å². The van der Waals surface area contributed by atoms with Crippen LogP contribution in [0.4, 0.5) is 0 Å². The van der Waals surface area contributed by atoms with Crippen LogP contribution in [0.15, 0.2) is 17.5 Å². The summed E-state index contributed by atoms with van der Waals surface area (Å²) in [6.07, 6.45) is 1.65. The smallest absolute Gasteiger partial charge is 0.352 e. The predicted octanol–water partition coefficient (Wildman–Crippen LogP) is 0.584. The van der Waals surface area contributed by atoms with Crippen LogP contribution in [0.1, 0.15) is 29.9 Å². The number of aromatic nitrogens is 2. The molecule has 2 amide bonds. The molecule has 2 atom stereocenters. The first-order valence-corrected chi connectivity index (χ1v) is 8.62. The van der Waals surface area contributed by atoms with Crippen molar-refractivity contribution in [1.29, 1.82) is 0 Å². The van der Waals surface area contributed by atoms with Crippen molar-refractivity contribution in [2.24, 2.45) is 0 Å². The third-order valence-corrected chi connectivity index (χ3v) is 5.59. The van der Waals surface area contributed by atoms with E-state index >= 15 is 0 Å². The highest BCUT2D eigenvalue weighted by molar-refractivity contribution is 8.00. The number of amides is 2. The molecule has 9 heteroatoms. The van der Waals surface area contributed by atoms with Crippen LogP contribution in [0.3, 0.4) is 0 Å². The van der Waals surface area contributed by atoms with E-state index in [4.69, 9.17) is 0 Å². The summed E-state index contributed by atoms with van der Waals surface area (Å²) in [6, 6.07) is -0.714. The van der Waals surface area contributed by atoms with E-state index in [9.17, 15) is 19.5 Å². The molecule has 3 rings (SSSR count). The van der Waals surface area contributed by atoms with Gasteiger partial charge < -0.3 is 10.4 Å². The first kappa shape index (κ1) is 16.6. The minimum Gasteiger partial charge on any atom is -0.477 e. The van der Waals surface area contributed by atoms with E-state index in [1.54, 1.807) is 24.7 Å². The number of hydrogen-bond donors (Lipinski definition) is 2. The lowest BCUT2D eigenvalue weighted by Gasteiger charge is -2.49. The number of carbonyl (C=O) groups is 3. The molecule has 24 heavy (non-hydrogen) atoms. The molecule has 0 saturated carbocycles. The number of β-lactam (4-membered cyclic amide) rings is 1. The van der Waals surface area contributed by atoms with Crippen LogP contribution in [0.25, 0.3) is 0 Å². The van der Waals surface area contributed by atoms with Crippen LogP contribution < -0.4 is 5.32 Å². The Labute approximate surface area is 142 Å². The molecule has 1 aromatic heterocycles. The number of carboxylic acid groups (broad SMARTS) is 1. The van der Waals surface area contributed by atoms with Crippen molar-refractivity contribution in [2.45, 2.75) is 38.7 Å². The molecule has 1 fully saturated rings. The van der Waals surface area contributed by atoms with Crippen molar-refractivity contribution in [3.05, 3.63) is 28.7 Å². The Balaban J connectivity index is 1.77. The van der Waals surface area contributed by atoms with Gasteiger partial charge in [0.2, 0.25) is 0 Å². The zero-order chi connectivity index (χ0) is 17.6. The number of rotatable bonds is 4. The number of thioether (sulfide) groups is 1. The van der Waals surface area contributed by atoms with Crippen LogP contribution in [0.5, 0.6) is 0 Å². The minimum absolute atomic E-state index is 0.0317. The SMILES string of the molecule is CCn1cc(C(=O)N[C@@H]2C(=O)N3C(C(=O)O)=C(C)CS[C@@H]23)c(C)n1. The van der Waals surface area contributed by atoms with Crippen LogP contribution in [-0.4, -0.2) is 54.7 Å². The van der Waals surface area contributed by atoms with Crippen LogP contribution in [0.2, 0.25) is 0 Å². The quantitative estimate of drug-likeness (QED) is 0.770. The molecule has 3 heterocycles. The maximum absolute atomic E-state index is 12.4. The summed E-state index contributed by atoms with van der Waals surface area (Å²) >= 11 is 1.45. The molecule has 0 radical (unpaired) electrons. The number of aliphatic carboxylic acids is 1. The van der Waals surface area contributed by atoms with Gasteiger partial charge >= 0.3 is 5.97 Å². The highest BCUT2D eigenvalue weighted by Crippen LogP contribution is 2.40. The Hall–Kier alpha value is -2.29. The Morgan fingerprint density at radius 1 is 1.46 bits per heavy atom. The first-order valence-electron chi connectivity index (χ1n) is 7.57. The van der Waals surface area contributed by atoms with E-state index in [0.29, 0.717) is 29.1 Å². The lowest BCUT2D eigenvalue weighted by molar-refractivity contribution is -0.148. The molecule has 0 aromatic carbocycles. The lowest BCUT2D eigenvalue weighted by atomic mass is 10.0. The molecule has 1 aromatic rings. The molecule has 2 aliphatic rings. The third-order valence-electron chi connectivity index (χ3n) is 4.16. The van der Waals surface area contributed by atoms with Gasteiger partial charge in [0.05, 0.1) is 11.3 Å². The fraction of sp³-hybridized carbons (Fsp3) is 0.467. The van der Waals surface area contributed by atoms with Crippen molar-refractivity contribution in [1.82, 2.24) is 20.0 Å². The summed E-state index contributed by atoms with van der Waals surface area (Å²) in [6.45, 7) is 6.01. The predicted molar refractivity (Wildman–Crippen MR) is 87.3 cm³/mol. The van der Waals surface area contributed by atoms with Gasteiger partial charge in [-0.2, -0.15) is 5.10 Å². The average molecular weight is 350 g/mol. The van der Waals surface area contributed by atoms with Gasteiger partial charge in [-0.15, -0.1) is 11.8 Å². The van der Waals surface area contributed by atoms with Gasteiger partial charge in [-0.1, -0.05) is 0 Å². The first-order chi connectivity index (χ1) is 11.3. The molecular weight excluding hydrogens is 332 g/mol. The number of carbonyl (C=O) groups excluding carboxylic acids is 2. The highest BCUT2D eigenvalue weighted by atomic mass is 32.2. The molecule has 2 N–H and O–H groups in total. The normalized spacial score (nSPS) is 23.0. The minimum atomic E-state index is -1.11. The number of hydrogen-bond acceptors (Lipinski definition) is 5. The van der Waals surface area contributed by atoms with Gasteiger partial charge in [-0.3, -0.25) is 19.2 Å². The molecule has 0 spiro atoms. The Morgan fingerprint density at radius 2 is 2.17 bits per heavy atom. The molecule has 2 aliphatic heterocycles. The molecule has 8 nitrogen and oxygen atoms in total. The van der Waals surface area contributed by atoms with Crippen LogP contribution in [-0.2, 0) is 16.1 Å². The maximum Gasteiger partial charge on any atom is 0.352 e. The zero-order valence-electron chi connectivity index (χ0n) is 13.6. The van der Waals surface area contributed by atoms with Crippen molar-refractivity contribution >= 4 is 29.5 Å². The van der Waals surface area contributed by atoms with Crippen LogP contribution >= 0.6 is 11.8 Å². The second kappa shape index (κ2) is 5.97. The van der Waals surface area contributed by atoms with Crippen molar-refractivity contribution in [3.63, 3.8) is 0 Å². The summed E-state index contributed by atoms with van der Waals surface area (Å²) < 4.78 is 1.66. The second-order valence-electron chi connectivity index (χ2n) is 5.78. The van der Waals surface area contributed by atoms with E-state index in [-0.39, 0.29) is 17.0 Å². The number of nitrogens with zero attached hydrogens (tertiary/aromatic N) is 3. The van der Waals surface area contributed by atoms with Crippen molar-refractivity contribution in [3.8, 4) is 0 Å². The Morgan fingerprint density at radius 3 is 2.75 bits per heavy atom. The summed E-state index contributed by atoms with van der Waals surface area (Å²) in [5, 5.41) is 15.9. The number of aryl methyl sites for hydroxylation is 2. The average Bonchev–Trinajstić information content (AvgIpc) is 2.93. The second-order valence-corrected chi connectivity index (χ2v) is 6.88. The summed E-state index contributed by atoms with van der Waals surface area (Å²) in [5.41, 5.74) is 1.71. The topological polar surface area (TPSA) is 105 Å². The summed E-state index contributed by atoms with van der Waals surface area (Å²) in [4.78, 5) is 37.4. The number of fused-ring (bicyclic) bond motifs is 1. The van der Waals surface area contributed by atoms with Crippen LogP contribution in [0, 0.1) is 6.92 Å². The molecule has 0 bridgehead atoms. The van der Waals surface area contributed by atoms with Crippen molar-refractivity contribution < 1.29 is 19.5 Å². The van der Waals surface area contributed by atoms with Gasteiger partial charge in [0.1, 0.15) is 17.1 Å². The molecule has 128 valence electrons. The van der Waals surface area contributed by atoms with E-state index in [2.05, 4.69) is 10.4 Å². The number of carboxylic acids is 1. The van der Waals surface area contributed by atoms with Gasteiger partial charge in [-0.05, 0) is 26.3 Å². The monoisotopic (exact) mass is 350 g/mol. The third kappa shape index (κ3) is 2.48.